The summed E-state index contributed by atoms with van der Waals surface area (Å²) < 4.78 is 23.5. The van der Waals surface area contributed by atoms with E-state index in [9.17, 15) is 14.0 Å². The standard InChI is InChI=1S/C15H20N4O3S.C7H12O2.C6H4BrF.C2H6/c1-2-22-15(20)11-9-17-13(14-16-3-8-23-14)18-12(11)10-19-4-6-21-7-5-19;1-2-3-7(4-5-7)6(8)9;7-5-2-1-3-6(8)4-5;1-2/h3,8H,2,4-7,9-10H2,1H3,(H,17,18);2-5H2,1H3,(H,8,9);1-4H;1-2H3. The summed E-state index contributed by atoms with van der Waals surface area (Å²) in [7, 11) is 0. The van der Waals surface area contributed by atoms with Crippen LogP contribution in [0, 0.1) is 11.2 Å². The van der Waals surface area contributed by atoms with Gasteiger partial charge < -0.3 is 19.9 Å². The van der Waals surface area contributed by atoms with Crippen LogP contribution in [0.3, 0.4) is 0 Å². The quantitative estimate of drug-likeness (QED) is 0.334. The Morgan fingerprint density at radius 3 is 2.43 bits per heavy atom. The largest absolute Gasteiger partial charge is 0.481 e. The van der Waals surface area contributed by atoms with Gasteiger partial charge in [-0.2, -0.15) is 0 Å². The molecule has 232 valence electrons. The van der Waals surface area contributed by atoms with Crippen LogP contribution in [0.4, 0.5) is 4.39 Å². The number of thiazole rings is 1. The number of amidine groups is 1. The highest BCUT2D eigenvalue weighted by Crippen LogP contribution is 2.49. The number of morpholine rings is 1. The lowest BCUT2D eigenvalue weighted by molar-refractivity contribution is -0.143. The molecular weight excluding hydrogens is 627 g/mol. The van der Waals surface area contributed by atoms with Crippen molar-refractivity contribution in [3.63, 3.8) is 0 Å². The first kappa shape index (κ1) is 35.5. The Morgan fingerprint density at radius 2 is 1.95 bits per heavy atom. The van der Waals surface area contributed by atoms with Crippen LogP contribution < -0.4 is 5.32 Å². The molecule has 0 amide bonds. The SMILES string of the molecule is CC.CCCC1(C(=O)O)CC1.CCOC(=O)C1=C(CN2CCOCC2)NC(c2nccs2)=NC1.Fc1cccc(Br)c1. The van der Waals surface area contributed by atoms with Gasteiger partial charge in [0.15, 0.2) is 10.8 Å². The molecule has 0 unspecified atom stereocenters. The molecule has 1 aromatic carbocycles. The Balaban J connectivity index is 0.000000265. The van der Waals surface area contributed by atoms with E-state index in [0.717, 1.165) is 73.0 Å². The molecule has 0 radical (unpaired) electrons. The molecule has 2 N–H and O–H groups in total. The van der Waals surface area contributed by atoms with Crippen molar-refractivity contribution in [2.45, 2.75) is 53.4 Å². The van der Waals surface area contributed by atoms with Gasteiger partial charge in [0.1, 0.15) is 5.82 Å². The summed E-state index contributed by atoms with van der Waals surface area (Å²) in [5, 5.41) is 14.7. The van der Waals surface area contributed by atoms with Gasteiger partial charge in [-0.15, -0.1) is 11.3 Å². The fourth-order valence-electron chi connectivity index (χ4n) is 4.16. The van der Waals surface area contributed by atoms with E-state index in [1.54, 1.807) is 25.3 Å². The van der Waals surface area contributed by atoms with Gasteiger partial charge in [0, 0.05) is 41.4 Å². The van der Waals surface area contributed by atoms with Gasteiger partial charge >= 0.3 is 11.9 Å². The molecule has 42 heavy (non-hydrogen) atoms. The number of nitrogens with zero attached hydrogens (tertiary/aromatic N) is 3. The maximum Gasteiger partial charge on any atom is 0.337 e. The number of hydrogen-bond donors (Lipinski definition) is 2. The van der Waals surface area contributed by atoms with Crippen LogP contribution >= 0.6 is 27.3 Å². The fourth-order valence-corrected chi connectivity index (χ4v) is 5.13. The van der Waals surface area contributed by atoms with Gasteiger partial charge in [-0.05, 0) is 44.4 Å². The summed E-state index contributed by atoms with van der Waals surface area (Å²) in [6.07, 6.45) is 5.40. The molecular formula is C30H42BrFN4O5S. The predicted molar refractivity (Wildman–Crippen MR) is 167 cm³/mol. The Morgan fingerprint density at radius 1 is 1.24 bits per heavy atom. The first-order chi connectivity index (χ1) is 20.3. The number of aliphatic imine (C=N–C) groups is 1. The maximum absolute atomic E-state index is 12.2. The minimum absolute atomic E-state index is 0.209. The lowest BCUT2D eigenvalue weighted by Gasteiger charge is -2.30. The van der Waals surface area contributed by atoms with E-state index in [1.165, 1.54) is 23.5 Å². The molecule has 5 rings (SSSR count). The Labute approximate surface area is 260 Å². The maximum atomic E-state index is 12.2. The minimum Gasteiger partial charge on any atom is -0.481 e. The number of carboxylic acid groups (broad SMARTS) is 1. The second kappa shape index (κ2) is 18.8. The van der Waals surface area contributed by atoms with Crippen molar-refractivity contribution in [1.82, 2.24) is 15.2 Å². The summed E-state index contributed by atoms with van der Waals surface area (Å²) in [5.41, 5.74) is 1.17. The minimum atomic E-state index is -0.593. The number of hydrogen-bond acceptors (Lipinski definition) is 9. The second-order valence-corrected chi connectivity index (χ2v) is 11.3. The topological polar surface area (TPSA) is 113 Å². The van der Waals surface area contributed by atoms with E-state index in [-0.39, 0.29) is 17.2 Å². The van der Waals surface area contributed by atoms with Gasteiger partial charge in [0.2, 0.25) is 0 Å². The van der Waals surface area contributed by atoms with Crippen LogP contribution in [-0.2, 0) is 19.1 Å². The van der Waals surface area contributed by atoms with E-state index < -0.39 is 5.97 Å². The number of rotatable bonds is 8. The molecule has 3 heterocycles. The molecule has 12 heteroatoms. The van der Waals surface area contributed by atoms with Gasteiger partial charge in [0.05, 0.1) is 37.4 Å². The highest BCUT2D eigenvalue weighted by atomic mass is 79.9. The molecule has 1 aromatic heterocycles. The fraction of sp³-hybridized carbons (Fsp3) is 0.533. The van der Waals surface area contributed by atoms with Gasteiger partial charge in [-0.25, -0.2) is 14.2 Å². The van der Waals surface area contributed by atoms with E-state index in [2.05, 4.69) is 36.1 Å². The summed E-state index contributed by atoms with van der Waals surface area (Å²) in [4.78, 5) is 33.7. The number of aliphatic carboxylic acids is 1. The third-order valence-electron chi connectivity index (χ3n) is 6.49. The summed E-state index contributed by atoms with van der Waals surface area (Å²) in [5.74, 6) is -0.384. The number of carbonyl (C=O) groups is 2. The van der Waals surface area contributed by atoms with Gasteiger partial charge in [0.25, 0.3) is 0 Å². The van der Waals surface area contributed by atoms with Gasteiger partial charge in [-0.1, -0.05) is 49.2 Å². The molecule has 9 nitrogen and oxygen atoms in total. The average Bonchev–Trinajstić information content (AvgIpc) is 3.57. The van der Waals surface area contributed by atoms with Crippen molar-refractivity contribution in [1.29, 1.82) is 0 Å². The Kier molecular flexibility index (Phi) is 15.9. The predicted octanol–water partition coefficient (Wildman–Crippen LogP) is 5.91. The lowest BCUT2D eigenvalue weighted by atomic mass is 10.0. The van der Waals surface area contributed by atoms with E-state index >= 15 is 0 Å². The van der Waals surface area contributed by atoms with Crippen molar-refractivity contribution in [3.8, 4) is 0 Å². The number of benzene rings is 1. The van der Waals surface area contributed by atoms with Crippen LogP contribution in [0.1, 0.15) is 58.4 Å². The smallest absolute Gasteiger partial charge is 0.337 e. The monoisotopic (exact) mass is 668 g/mol. The number of carbonyl (C=O) groups excluding carboxylic acids is 1. The number of esters is 1. The molecule has 1 aliphatic carbocycles. The molecule has 0 bridgehead atoms. The zero-order chi connectivity index (χ0) is 31.0. The van der Waals surface area contributed by atoms with Crippen molar-refractivity contribution < 1.29 is 28.6 Å². The normalized spacial score (nSPS) is 17.0. The Hall–Kier alpha value is -2.67. The number of nitrogens with one attached hydrogen (secondary N) is 1. The molecule has 3 aliphatic rings. The number of ether oxygens (including phenoxy) is 2. The lowest BCUT2D eigenvalue weighted by Crippen LogP contribution is -2.43. The molecule has 0 spiro atoms. The summed E-state index contributed by atoms with van der Waals surface area (Å²) in [6.45, 7) is 12.3. The van der Waals surface area contributed by atoms with E-state index in [1.807, 2.05) is 26.2 Å². The zero-order valence-corrected chi connectivity index (χ0v) is 27.2. The van der Waals surface area contributed by atoms with E-state index in [4.69, 9.17) is 14.6 Å². The first-order valence-corrected chi connectivity index (χ1v) is 16.0. The van der Waals surface area contributed by atoms with E-state index in [0.29, 0.717) is 25.3 Å². The van der Waals surface area contributed by atoms with Gasteiger partial charge in [-0.3, -0.25) is 14.7 Å². The van der Waals surface area contributed by atoms with Crippen LogP contribution in [-0.4, -0.2) is 78.8 Å². The molecule has 2 aromatic rings. The van der Waals surface area contributed by atoms with Crippen LogP contribution in [0.5, 0.6) is 0 Å². The number of halogens is 2. The molecule has 0 atom stereocenters. The molecule has 1 saturated heterocycles. The summed E-state index contributed by atoms with van der Waals surface area (Å²) in [6, 6.07) is 6.26. The summed E-state index contributed by atoms with van der Waals surface area (Å²) >= 11 is 4.64. The number of carboxylic acids is 1. The van der Waals surface area contributed by atoms with Crippen molar-refractivity contribution in [2.24, 2.45) is 10.4 Å². The first-order valence-electron chi connectivity index (χ1n) is 14.3. The van der Waals surface area contributed by atoms with Crippen molar-refractivity contribution >= 4 is 45.0 Å². The molecule has 2 fully saturated rings. The zero-order valence-electron chi connectivity index (χ0n) is 24.8. The third kappa shape index (κ3) is 11.5. The highest BCUT2D eigenvalue weighted by molar-refractivity contribution is 9.10. The van der Waals surface area contributed by atoms with Crippen LogP contribution in [0.2, 0.25) is 0 Å². The highest BCUT2D eigenvalue weighted by Gasteiger charge is 2.48. The third-order valence-corrected chi connectivity index (χ3v) is 7.77. The number of aromatic nitrogens is 1. The Bertz CT molecular complexity index is 1160. The molecule has 2 aliphatic heterocycles. The van der Waals surface area contributed by atoms with Crippen LogP contribution in [0.25, 0.3) is 0 Å². The van der Waals surface area contributed by atoms with Crippen molar-refractivity contribution in [2.75, 3.05) is 46.0 Å². The molecule has 1 saturated carbocycles. The van der Waals surface area contributed by atoms with Crippen molar-refractivity contribution in [3.05, 3.63) is 62.4 Å². The average molecular weight is 670 g/mol. The second-order valence-electron chi connectivity index (χ2n) is 9.47. The van der Waals surface area contributed by atoms with Crippen LogP contribution in [0.15, 0.2) is 56.6 Å².